The molecule has 0 fully saturated rings. The van der Waals surface area contributed by atoms with Crippen LogP contribution < -0.4 is 11.5 Å². The van der Waals surface area contributed by atoms with Crippen LogP contribution in [0.2, 0.25) is 0 Å². The van der Waals surface area contributed by atoms with Gasteiger partial charge in [-0.15, -0.1) is 0 Å². The van der Waals surface area contributed by atoms with Gasteiger partial charge in [-0.3, -0.25) is 10.8 Å². The highest BCUT2D eigenvalue weighted by Gasteiger charge is 2.35. The van der Waals surface area contributed by atoms with E-state index in [1.54, 1.807) is 41.5 Å². The summed E-state index contributed by atoms with van der Waals surface area (Å²) in [6.45, 7) is 9.62. The molecule has 10 nitrogen and oxygen atoms in total. The van der Waals surface area contributed by atoms with Gasteiger partial charge in [0.2, 0.25) is 0 Å². The van der Waals surface area contributed by atoms with Crippen molar-refractivity contribution in [2.45, 2.75) is 76.5 Å². The van der Waals surface area contributed by atoms with E-state index in [4.69, 9.17) is 27.5 Å². The fourth-order valence-corrected chi connectivity index (χ4v) is 1.40. The van der Waals surface area contributed by atoms with E-state index in [2.05, 4.69) is 26.5 Å². The predicted octanol–water partition coefficient (Wildman–Crippen LogP) is 2.66. The molecule has 0 radical (unpaired) electrons. The van der Waals surface area contributed by atoms with Gasteiger partial charge in [-0.2, -0.15) is 31.0 Å². The second-order valence-electron chi connectivity index (χ2n) is 7.62. The Morgan fingerprint density at radius 3 is 1.73 bits per heavy atom. The normalized spacial score (nSPS) is 17.2. The lowest BCUT2D eigenvalue weighted by molar-refractivity contribution is 0.410. The Morgan fingerprint density at radius 1 is 0.808 bits per heavy atom. The summed E-state index contributed by atoms with van der Waals surface area (Å²) in [5.41, 5.74) is 6.73. The number of nitrogens with zero attached hydrogens (tertiary/aromatic N) is 6. The first-order valence-electron chi connectivity index (χ1n) is 8.03. The molecule has 0 saturated carbocycles. The molecule has 0 bridgehead atoms. The molecular formula is C16H28N10. The molecule has 142 valence electrons. The lowest BCUT2D eigenvalue weighted by Crippen LogP contribution is -2.42. The Morgan fingerprint density at radius 2 is 1.35 bits per heavy atom. The highest BCUT2D eigenvalue weighted by atomic mass is 15.2. The van der Waals surface area contributed by atoms with Crippen LogP contribution in [0.5, 0.6) is 0 Å². The number of hydrogen-bond acceptors (Lipinski definition) is 8. The second kappa shape index (κ2) is 8.00. The number of nitriles is 2. The predicted molar refractivity (Wildman–Crippen MR) is 99.0 cm³/mol. The van der Waals surface area contributed by atoms with Gasteiger partial charge in [-0.1, -0.05) is 0 Å². The first-order chi connectivity index (χ1) is 11.6. The molecule has 0 heterocycles. The molecule has 0 saturated heterocycles. The zero-order chi connectivity index (χ0) is 20.8. The zero-order valence-electron chi connectivity index (χ0n) is 16.3. The first kappa shape index (κ1) is 23.1. The van der Waals surface area contributed by atoms with Gasteiger partial charge in [0.15, 0.2) is 11.1 Å². The third-order valence-electron chi connectivity index (χ3n) is 3.89. The van der Waals surface area contributed by atoms with Crippen LogP contribution in [0, 0.1) is 33.5 Å². The maximum absolute atomic E-state index is 9.45. The van der Waals surface area contributed by atoms with Gasteiger partial charge in [0.05, 0.1) is 12.1 Å². The summed E-state index contributed by atoms with van der Waals surface area (Å²) < 4.78 is 0. The Kier molecular flexibility index (Phi) is 7.11. The fourth-order valence-electron chi connectivity index (χ4n) is 1.40. The van der Waals surface area contributed by atoms with Gasteiger partial charge >= 0.3 is 0 Å². The number of azo groups is 2. The summed E-state index contributed by atoms with van der Waals surface area (Å²) in [7, 11) is 0. The van der Waals surface area contributed by atoms with Crippen LogP contribution in [0.4, 0.5) is 0 Å². The van der Waals surface area contributed by atoms with E-state index in [0.29, 0.717) is 0 Å². The summed E-state index contributed by atoms with van der Waals surface area (Å²) in [6, 6.07) is 4.06. The van der Waals surface area contributed by atoms with Gasteiger partial charge in [0, 0.05) is 0 Å². The van der Waals surface area contributed by atoms with Crippen molar-refractivity contribution < 1.29 is 0 Å². The summed E-state index contributed by atoms with van der Waals surface area (Å²) in [5, 5.41) is 49.9. The SMILES string of the molecule is CC(C)(C#N)N=NC(C)(C#N)CCC(C)(N=NC(C)(C)C(=N)N)C(=N)N. The minimum absolute atomic E-state index is 0.165. The van der Waals surface area contributed by atoms with Crippen molar-refractivity contribution in [1.29, 1.82) is 21.3 Å². The molecule has 2 unspecified atom stereocenters. The van der Waals surface area contributed by atoms with Crippen molar-refractivity contribution in [1.82, 2.24) is 0 Å². The molecule has 2 atom stereocenters. The van der Waals surface area contributed by atoms with Crippen molar-refractivity contribution in [2.75, 3.05) is 0 Å². The van der Waals surface area contributed by atoms with Crippen molar-refractivity contribution in [3.05, 3.63) is 0 Å². The van der Waals surface area contributed by atoms with E-state index in [9.17, 15) is 5.26 Å². The lowest BCUT2D eigenvalue weighted by Gasteiger charge is -2.27. The topological polar surface area (TPSA) is 197 Å². The van der Waals surface area contributed by atoms with Gasteiger partial charge in [0.25, 0.3) is 0 Å². The first-order valence-corrected chi connectivity index (χ1v) is 8.03. The van der Waals surface area contributed by atoms with E-state index < -0.39 is 22.2 Å². The largest absolute Gasteiger partial charge is 0.386 e. The van der Waals surface area contributed by atoms with Gasteiger partial charge < -0.3 is 11.5 Å². The van der Waals surface area contributed by atoms with E-state index in [1.807, 2.05) is 6.07 Å². The molecule has 0 rings (SSSR count). The quantitative estimate of drug-likeness (QED) is 0.278. The maximum atomic E-state index is 9.45. The Bertz CT molecular complexity index is 691. The van der Waals surface area contributed by atoms with Crippen LogP contribution in [-0.2, 0) is 0 Å². The number of nitrogens with one attached hydrogen (secondary N) is 2. The van der Waals surface area contributed by atoms with Crippen LogP contribution >= 0.6 is 0 Å². The minimum atomic E-state index is -1.20. The molecule has 26 heavy (non-hydrogen) atoms. The minimum Gasteiger partial charge on any atom is -0.386 e. The monoisotopic (exact) mass is 360 g/mol. The molecule has 0 amide bonds. The fraction of sp³-hybridized carbons (Fsp3) is 0.750. The van der Waals surface area contributed by atoms with Crippen LogP contribution in [0.3, 0.4) is 0 Å². The summed E-state index contributed by atoms with van der Waals surface area (Å²) in [6.07, 6.45) is 0.403. The highest BCUT2D eigenvalue weighted by Crippen LogP contribution is 2.28. The van der Waals surface area contributed by atoms with Gasteiger partial charge in [-0.25, -0.2) is 0 Å². The average Bonchev–Trinajstić information content (AvgIpc) is 2.56. The molecule has 0 spiro atoms. The van der Waals surface area contributed by atoms with Crippen molar-refractivity contribution >= 4 is 11.7 Å². The van der Waals surface area contributed by atoms with E-state index in [1.165, 1.54) is 0 Å². The van der Waals surface area contributed by atoms with Crippen LogP contribution in [-0.4, -0.2) is 33.8 Å². The third-order valence-corrected chi connectivity index (χ3v) is 3.89. The number of hydrogen-bond donors (Lipinski definition) is 4. The summed E-state index contributed by atoms with van der Waals surface area (Å²) in [5.74, 6) is -0.392. The van der Waals surface area contributed by atoms with Gasteiger partial charge in [0.1, 0.15) is 22.7 Å². The van der Waals surface area contributed by atoms with Crippen molar-refractivity contribution in [3.8, 4) is 12.1 Å². The summed E-state index contributed by atoms with van der Waals surface area (Å²) in [4.78, 5) is 0. The molecule has 0 aliphatic rings. The maximum Gasteiger partial charge on any atom is 0.164 e. The Labute approximate surface area is 154 Å². The molecule has 0 aliphatic heterocycles. The molecular weight excluding hydrogens is 332 g/mol. The second-order valence-corrected chi connectivity index (χ2v) is 7.62. The molecule has 6 N–H and O–H groups in total. The van der Waals surface area contributed by atoms with Crippen LogP contribution in [0.15, 0.2) is 20.5 Å². The number of nitrogens with two attached hydrogens (primary N) is 2. The standard InChI is InChI=1S/C16H28N10/c1-13(2,9-17)23-25-15(5,10-18)7-8-16(6,12(21)22)26-24-14(3,4)11(19)20/h7-8H2,1-6H3,(H3,19,20)(H3,21,22). The van der Waals surface area contributed by atoms with E-state index >= 15 is 0 Å². The van der Waals surface area contributed by atoms with Crippen LogP contribution in [0.1, 0.15) is 54.4 Å². The molecule has 0 aliphatic carbocycles. The zero-order valence-corrected chi connectivity index (χ0v) is 16.3. The van der Waals surface area contributed by atoms with E-state index in [-0.39, 0.29) is 24.5 Å². The third kappa shape index (κ3) is 6.55. The molecule has 0 aromatic rings. The van der Waals surface area contributed by atoms with Crippen molar-refractivity contribution in [2.24, 2.45) is 31.9 Å². The molecule has 0 aromatic carbocycles. The van der Waals surface area contributed by atoms with Crippen LogP contribution in [0.25, 0.3) is 0 Å². The Balaban J connectivity index is 5.50. The number of rotatable bonds is 9. The highest BCUT2D eigenvalue weighted by molar-refractivity contribution is 5.87. The molecule has 10 heteroatoms. The Hall–Kier alpha value is -2.88. The smallest absolute Gasteiger partial charge is 0.164 e. The van der Waals surface area contributed by atoms with Gasteiger partial charge in [-0.05, 0) is 54.4 Å². The number of amidine groups is 2. The van der Waals surface area contributed by atoms with E-state index in [0.717, 1.165) is 0 Å². The summed E-state index contributed by atoms with van der Waals surface area (Å²) >= 11 is 0. The molecule has 0 aromatic heterocycles. The van der Waals surface area contributed by atoms with Crippen molar-refractivity contribution in [3.63, 3.8) is 0 Å². The lowest BCUT2D eigenvalue weighted by atomic mass is 9.88. The average molecular weight is 360 g/mol.